The lowest BCUT2D eigenvalue weighted by molar-refractivity contribution is 0.0759. The Balaban J connectivity index is 2.76. The van der Waals surface area contributed by atoms with Crippen molar-refractivity contribution in [3.63, 3.8) is 0 Å². The number of ether oxygens (including phenoxy) is 1. The number of hydrogen-bond donors (Lipinski definition) is 0. The number of aryl methyl sites for hydroxylation is 2. The van der Waals surface area contributed by atoms with Gasteiger partial charge in [-0.15, -0.1) is 0 Å². The van der Waals surface area contributed by atoms with Crippen molar-refractivity contribution in [1.82, 2.24) is 10.2 Å². The van der Waals surface area contributed by atoms with Gasteiger partial charge in [-0.1, -0.05) is 13.8 Å². The fraction of sp³-hybridized carbons (Fsp3) is 0.583. The highest BCUT2D eigenvalue weighted by atomic mass is 16.5. The molecule has 0 saturated carbocycles. The number of aromatic nitrogens is 2. The van der Waals surface area contributed by atoms with Gasteiger partial charge in [0.25, 0.3) is 0 Å². The first-order valence-electron chi connectivity index (χ1n) is 5.63. The second-order valence-corrected chi connectivity index (χ2v) is 3.68. The molecule has 0 atom stereocenters. The van der Waals surface area contributed by atoms with E-state index in [9.17, 15) is 4.79 Å². The Hall–Kier alpha value is -1.29. The summed E-state index contributed by atoms with van der Waals surface area (Å²) >= 11 is 0. The maximum atomic E-state index is 11.9. The third kappa shape index (κ3) is 3.38. The number of nitrogens with zero attached hydrogens (tertiary/aromatic N) is 2. The van der Waals surface area contributed by atoms with E-state index in [-0.39, 0.29) is 12.4 Å². The second kappa shape index (κ2) is 6.33. The Kier molecular flexibility index (Phi) is 5.05. The molecule has 0 saturated heterocycles. The predicted octanol–water partition coefficient (Wildman–Crippen LogP) is 1.96. The molecule has 0 aliphatic rings. The molecule has 0 unspecified atom stereocenters. The van der Waals surface area contributed by atoms with E-state index in [0.717, 1.165) is 17.8 Å². The van der Waals surface area contributed by atoms with Crippen LogP contribution in [-0.2, 0) is 11.2 Å². The van der Waals surface area contributed by atoms with Gasteiger partial charge in [-0.2, -0.15) is 10.2 Å². The van der Waals surface area contributed by atoms with E-state index in [4.69, 9.17) is 4.74 Å². The van der Waals surface area contributed by atoms with Crippen LogP contribution in [0.4, 0.5) is 0 Å². The lowest BCUT2D eigenvalue weighted by Gasteiger charge is -2.06. The molecule has 4 heteroatoms. The van der Waals surface area contributed by atoms with Gasteiger partial charge in [0.1, 0.15) is 6.61 Å². The molecule has 1 aromatic heterocycles. The van der Waals surface area contributed by atoms with E-state index >= 15 is 0 Å². The van der Waals surface area contributed by atoms with E-state index < -0.39 is 0 Å². The molecule has 0 aliphatic carbocycles. The van der Waals surface area contributed by atoms with E-state index in [0.29, 0.717) is 18.6 Å². The van der Waals surface area contributed by atoms with Crippen LogP contribution in [0.1, 0.15) is 42.0 Å². The standard InChI is InChI=1S/C12H18N2O2/c1-4-6-16-8-12(15)10-7-9(3)13-14-11(10)5-2/h7H,4-6,8H2,1-3H3. The minimum absolute atomic E-state index is 0.0108. The van der Waals surface area contributed by atoms with Gasteiger partial charge in [-0.05, 0) is 25.8 Å². The van der Waals surface area contributed by atoms with Gasteiger partial charge in [0.2, 0.25) is 0 Å². The van der Waals surface area contributed by atoms with Crippen molar-refractivity contribution >= 4 is 5.78 Å². The van der Waals surface area contributed by atoms with Gasteiger partial charge >= 0.3 is 0 Å². The zero-order valence-corrected chi connectivity index (χ0v) is 10.1. The maximum Gasteiger partial charge on any atom is 0.190 e. The van der Waals surface area contributed by atoms with Crippen molar-refractivity contribution in [1.29, 1.82) is 0 Å². The zero-order valence-electron chi connectivity index (χ0n) is 10.1. The van der Waals surface area contributed by atoms with E-state index in [1.807, 2.05) is 20.8 Å². The number of rotatable bonds is 6. The summed E-state index contributed by atoms with van der Waals surface area (Å²) in [4.78, 5) is 11.9. The van der Waals surface area contributed by atoms with Crippen molar-refractivity contribution in [2.24, 2.45) is 0 Å². The fourth-order valence-electron chi connectivity index (χ4n) is 1.40. The molecule has 0 amide bonds. The minimum Gasteiger partial charge on any atom is -0.373 e. The molecular weight excluding hydrogens is 204 g/mol. The van der Waals surface area contributed by atoms with Crippen molar-refractivity contribution in [2.45, 2.75) is 33.6 Å². The van der Waals surface area contributed by atoms with Gasteiger partial charge in [-0.3, -0.25) is 4.79 Å². The second-order valence-electron chi connectivity index (χ2n) is 3.68. The number of ketones is 1. The summed E-state index contributed by atoms with van der Waals surface area (Å²) < 4.78 is 5.24. The first-order chi connectivity index (χ1) is 7.69. The van der Waals surface area contributed by atoms with Crippen molar-refractivity contribution < 1.29 is 9.53 Å². The average molecular weight is 222 g/mol. The lowest BCUT2D eigenvalue weighted by Crippen LogP contribution is -2.14. The van der Waals surface area contributed by atoms with Crippen LogP contribution in [0.15, 0.2) is 6.07 Å². The molecule has 0 fully saturated rings. The molecular formula is C12H18N2O2. The summed E-state index contributed by atoms with van der Waals surface area (Å²) in [6.45, 7) is 6.55. The van der Waals surface area contributed by atoms with Crippen LogP contribution >= 0.6 is 0 Å². The summed E-state index contributed by atoms with van der Waals surface area (Å²) in [5.74, 6) is -0.0108. The van der Waals surface area contributed by atoms with E-state index in [1.165, 1.54) is 0 Å². The first kappa shape index (κ1) is 12.8. The molecule has 1 heterocycles. The lowest BCUT2D eigenvalue weighted by atomic mass is 10.1. The van der Waals surface area contributed by atoms with Crippen molar-refractivity contribution in [3.8, 4) is 0 Å². The van der Waals surface area contributed by atoms with Crippen LogP contribution in [0.25, 0.3) is 0 Å². The third-order valence-corrected chi connectivity index (χ3v) is 2.21. The number of carbonyl (C=O) groups is 1. The molecule has 0 N–H and O–H groups in total. The Bertz CT molecular complexity index is 364. The molecule has 16 heavy (non-hydrogen) atoms. The molecule has 0 aliphatic heterocycles. The molecule has 4 nitrogen and oxygen atoms in total. The summed E-state index contributed by atoms with van der Waals surface area (Å²) in [7, 11) is 0. The van der Waals surface area contributed by atoms with Gasteiger partial charge in [0.15, 0.2) is 5.78 Å². The quantitative estimate of drug-likeness (QED) is 0.545. The Morgan fingerprint density at radius 1 is 1.38 bits per heavy atom. The summed E-state index contributed by atoms with van der Waals surface area (Å²) in [6, 6.07) is 1.78. The van der Waals surface area contributed by atoms with E-state index in [1.54, 1.807) is 6.07 Å². The zero-order chi connectivity index (χ0) is 12.0. The number of Topliss-reactive ketones (excluding diaryl/α,β-unsaturated/α-hetero) is 1. The predicted molar refractivity (Wildman–Crippen MR) is 61.6 cm³/mol. The monoisotopic (exact) mass is 222 g/mol. The molecule has 0 radical (unpaired) electrons. The van der Waals surface area contributed by atoms with Crippen LogP contribution in [-0.4, -0.2) is 29.2 Å². The Morgan fingerprint density at radius 2 is 2.12 bits per heavy atom. The Labute approximate surface area is 96.0 Å². The van der Waals surface area contributed by atoms with Gasteiger partial charge in [0.05, 0.1) is 11.4 Å². The van der Waals surface area contributed by atoms with Gasteiger partial charge < -0.3 is 4.74 Å². The van der Waals surface area contributed by atoms with Crippen molar-refractivity contribution in [2.75, 3.05) is 13.2 Å². The smallest absolute Gasteiger partial charge is 0.190 e. The molecule has 1 aromatic rings. The molecule has 88 valence electrons. The van der Waals surface area contributed by atoms with Crippen LogP contribution in [0.5, 0.6) is 0 Å². The molecule has 1 rings (SSSR count). The topological polar surface area (TPSA) is 52.1 Å². The summed E-state index contributed by atoms with van der Waals surface area (Å²) in [5.41, 5.74) is 2.15. The average Bonchev–Trinajstić information content (AvgIpc) is 2.29. The maximum absolute atomic E-state index is 11.9. The minimum atomic E-state index is -0.0108. The van der Waals surface area contributed by atoms with Crippen molar-refractivity contribution in [3.05, 3.63) is 23.0 Å². The number of carbonyl (C=O) groups excluding carboxylic acids is 1. The largest absolute Gasteiger partial charge is 0.373 e. The number of hydrogen-bond acceptors (Lipinski definition) is 4. The summed E-state index contributed by atoms with van der Waals surface area (Å²) in [6.07, 6.45) is 1.63. The van der Waals surface area contributed by atoms with Crippen LogP contribution in [0.3, 0.4) is 0 Å². The highest BCUT2D eigenvalue weighted by molar-refractivity contribution is 5.98. The molecule has 0 spiro atoms. The highest BCUT2D eigenvalue weighted by Gasteiger charge is 2.12. The normalized spacial score (nSPS) is 10.4. The van der Waals surface area contributed by atoms with Crippen LogP contribution in [0.2, 0.25) is 0 Å². The SMILES string of the molecule is CCCOCC(=O)c1cc(C)nnc1CC. The van der Waals surface area contributed by atoms with Gasteiger partial charge in [-0.25, -0.2) is 0 Å². The summed E-state index contributed by atoms with van der Waals surface area (Å²) in [5, 5.41) is 7.97. The Morgan fingerprint density at radius 3 is 2.75 bits per heavy atom. The van der Waals surface area contributed by atoms with Crippen LogP contribution in [0, 0.1) is 6.92 Å². The molecule has 0 bridgehead atoms. The highest BCUT2D eigenvalue weighted by Crippen LogP contribution is 2.08. The first-order valence-corrected chi connectivity index (χ1v) is 5.63. The van der Waals surface area contributed by atoms with E-state index in [2.05, 4.69) is 10.2 Å². The van der Waals surface area contributed by atoms with Crippen LogP contribution < -0.4 is 0 Å². The third-order valence-electron chi connectivity index (χ3n) is 2.21. The van der Waals surface area contributed by atoms with Gasteiger partial charge in [0, 0.05) is 12.2 Å². The molecule has 0 aromatic carbocycles. The fourth-order valence-corrected chi connectivity index (χ4v) is 1.40.